The predicted molar refractivity (Wildman–Crippen MR) is 83.4 cm³/mol. The highest BCUT2D eigenvalue weighted by molar-refractivity contribution is 5.75. The molecule has 0 aromatic carbocycles. The van der Waals surface area contributed by atoms with Crippen molar-refractivity contribution in [3.8, 4) is 0 Å². The normalized spacial score (nSPS) is 32.7. The summed E-state index contributed by atoms with van der Waals surface area (Å²) < 4.78 is 5.75. The number of nitrogens with zero attached hydrogens (tertiary/aromatic N) is 2. The van der Waals surface area contributed by atoms with Crippen LogP contribution in [-0.2, 0) is 4.74 Å². The van der Waals surface area contributed by atoms with Gasteiger partial charge < -0.3 is 15.0 Å². The summed E-state index contributed by atoms with van der Waals surface area (Å²) in [5.74, 6) is 0. The quantitative estimate of drug-likeness (QED) is 0.882. The van der Waals surface area contributed by atoms with Crippen molar-refractivity contribution in [1.82, 2.24) is 20.4 Å². The molecule has 22 heavy (non-hydrogen) atoms. The average molecular weight is 306 g/mol. The molecular weight excluding hydrogens is 280 g/mol. The van der Waals surface area contributed by atoms with Crippen molar-refractivity contribution in [1.29, 1.82) is 0 Å². The molecule has 3 heterocycles. The summed E-state index contributed by atoms with van der Waals surface area (Å²) in [6, 6.07) is 0.401. The number of rotatable bonds is 2. The summed E-state index contributed by atoms with van der Waals surface area (Å²) in [6.45, 7) is 4.96. The molecule has 0 spiro atoms. The molecule has 6 heteroatoms. The van der Waals surface area contributed by atoms with Gasteiger partial charge in [-0.05, 0) is 46.0 Å². The number of hydrogen-bond donors (Lipinski definition) is 2. The maximum Gasteiger partial charge on any atom is 0.318 e. The second kappa shape index (κ2) is 6.69. The molecule has 0 aliphatic carbocycles. The Morgan fingerprint density at radius 2 is 2.14 bits per heavy atom. The molecule has 2 N–H and O–H groups in total. The van der Waals surface area contributed by atoms with Gasteiger partial charge in [0, 0.05) is 24.3 Å². The van der Waals surface area contributed by atoms with Crippen LogP contribution in [-0.4, -0.2) is 45.9 Å². The fourth-order valence-corrected chi connectivity index (χ4v) is 3.74. The summed E-state index contributed by atoms with van der Waals surface area (Å²) in [7, 11) is 0. The van der Waals surface area contributed by atoms with E-state index in [9.17, 15) is 4.79 Å². The largest absolute Gasteiger partial charge is 0.375 e. The number of nitrogens with one attached hydrogen (secondary N) is 2. The molecule has 1 aromatic heterocycles. The first-order chi connectivity index (χ1) is 10.6. The zero-order valence-corrected chi connectivity index (χ0v) is 13.4. The summed E-state index contributed by atoms with van der Waals surface area (Å²) in [6.07, 6.45) is 9.16. The third-order valence-corrected chi connectivity index (χ3v) is 4.69. The highest BCUT2D eigenvalue weighted by Gasteiger charge is 2.31. The van der Waals surface area contributed by atoms with Gasteiger partial charge >= 0.3 is 6.03 Å². The van der Waals surface area contributed by atoms with Gasteiger partial charge in [0.2, 0.25) is 0 Å². The van der Waals surface area contributed by atoms with Crippen molar-refractivity contribution in [2.24, 2.45) is 0 Å². The van der Waals surface area contributed by atoms with E-state index in [1.165, 1.54) is 0 Å². The van der Waals surface area contributed by atoms with E-state index in [0.29, 0.717) is 0 Å². The fourth-order valence-electron chi connectivity index (χ4n) is 3.74. The number of likely N-dealkylation sites (tertiary alicyclic amines) is 1. The Bertz CT molecular complexity index is 480. The predicted octanol–water partition coefficient (Wildman–Crippen LogP) is 2.60. The minimum atomic E-state index is 0.0530. The Kier molecular flexibility index (Phi) is 4.66. The first-order valence-corrected chi connectivity index (χ1v) is 8.34. The molecule has 2 aliphatic heterocycles. The maximum atomic E-state index is 12.7. The highest BCUT2D eigenvalue weighted by atomic mass is 16.5. The lowest BCUT2D eigenvalue weighted by atomic mass is 9.97. The Morgan fingerprint density at radius 3 is 2.82 bits per heavy atom. The van der Waals surface area contributed by atoms with Crippen molar-refractivity contribution in [2.75, 3.05) is 6.54 Å². The average Bonchev–Trinajstić information content (AvgIpc) is 3.00. The molecule has 3 rings (SSSR count). The summed E-state index contributed by atoms with van der Waals surface area (Å²) in [4.78, 5) is 14.7. The van der Waals surface area contributed by atoms with E-state index in [1.807, 2.05) is 17.3 Å². The molecule has 2 fully saturated rings. The number of aromatic nitrogens is 2. The number of amides is 2. The SMILES string of the molecule is C[C@@H]1CC(NC(=O)N2CCCC[C@@H]2c2cn[nH]c2)C[C@H](C)O1. The molecular formula is C16H26N4O2. The van der Waals surface area contributed by atoms with Crippen molar-refractivity contribution >= 4 is 6.03 Å². The Balaban J connectivity index is 1.64. The molecule has 2 saturated heterocycles. The fraction of sp³-hybridized carbons (Fsp3) is 0.750. The van der Waals surface area contributed by atoms with E-state index >= 15 is 0 Å². The summed E-state index contributed by atoms with van der Waals surface area (Å²) in [5, 5.41) is 10.1. The molecule has 4 atom stereocenters. The number of hydrogen-bond acceptors (Lipinski definition) is 3. The van der Waals surface area contributed by atoms with Gasteiger partial charge in [0.25, 0.3) is 0 Å². The van der Waals surface area contributed by atoms with Crippen LogP contribution in [0.5, 0.6) is 0 Å². The third kappa shape index (κ3) is 3.43. The lowest BCUT2D eigenvalue weighted by Gasteiger charge is -2.38. The monoisotopic (exact) mass is 306 g/mol. The first kappa shape index (κ1) is 15.3. The molecule has 2 aliphatic rings. The van der Waals surface area contributed by atoms with Crippen LogP contribution in [0.4, 0.5) is 4.79 Å². The van der Waals surface area contributed by atoms with Gasteiger partial charge in [-0.15, -0.1) is 0 Å². The van der Waals surface area contributed by atoms with Crippen molar-refractivity contribution in [2.45, 2.75) is 70.2 Å². The molecule has 1 aromatic rings. The van der Waals surface area contributed by atoms with Gasteiger partial charge in [0.1, 0.15) is 0 Å². The van der Waals surface area contributed by atoms with Crippen LogP contribution in [0.3, 0.4) is 0 Å². The number of urea groups is 1. The smallest absolute Gasteiger partial charge is 0.318 e. The van der Waals surface area contributed by atoms with Gasteiger partial charge in [-0.3, -0.25) is 5.10 Å². The van der Waals surface area contributed by atoms with Gasteiger partial charge in [-0.25, -0.2) is 4.79 Å². The molecule has 0 saturated carbocycles. The zero-order valence-electron chi connectivity index (χ0n) is 13.4. The maximum absolute atomic E-state index is 12.7. The van der Waals surface area contributed by atoms with Gasteiger partial charge in [0.15, 0.2) is 0 Å². The zero-order chi connectivity index (χ0) is 15.5. The number of H-pyrrole nitrogens is 1. The summed E-state index contributed by atoms with van der Waals surface area (Å²) >= 11 is 0. The number of aromatic amines is 1. The van der Waals surface area contributed by atoms with Crippen LogP contribution in [0.25, 0.3) is 0 Å². The standard InChI is InChI=1S/C16H26N4O2/c1-11-7-14(8-12(2)22-11)19-16(21)20-6-4-3-5-15(20)13-9-17-18-10-13/h9-12,14-15H,3-8H2,1-2H3,(H,17,18)(H,19,21)/t11-,12+,14?,15-/m1/s1. The molecule has 2 amide bonds. The second-order valence-electron chi connectivity index (χ2n) is 6.61. The first-order valence-electron chi connectivity index (χ1n) is 8.34. The minimum absolute atomic E-state index is 0.0530. The Morgan fingerprint density at radius 1 is 1.36 bits per heavy atom. The van der Waals surface area contributed by atoms with Crippen LogP contribution in [0.2, 0.25) is 0 Å². The Hall–Kier alpha value is -1.56. The van der Waals surface area contributed by atoms with Crippen molar-refractivity contribution in [3.05, 3.63) is 18.0 Å². The lowest BCUT2D eigenvalue weighted by Crippen LogP contribution is -2.51. The van der Waals surface area contributed by atoms with Crippen LogP contribution in [0, 0.1) is 0 Å². The van der Waals surface area contributed by atoms with Gasteiger partial charge in [-0.2, -0.15) is 5.10 Å². The summed E-state index contributed by atoms with van der Waals surface area (Å²) in [5.41, 5.74) is 1.10. The molecule has 0 bridgehead atoms. The second-order valence-corrected chi connectivity index (χ2v) is 6.61. The number of carbonyl (C=O) groups is 1. The molecule has 122 valence electrons. The van der Waals surface area contributed by atoms with E-state index in [-0.39, 0.29) is 30.3 Å². The lowest BCUT2D eigenvalue weighted by molar-refractivity contribution is -0.0410. The van der Waals surface area contributed by atoms with Crippen LogP contribution in [0.1, 0.15) is 57.6 Å². The van der Waals surface area contributed by atoms with E-state index in [2.05, 4.69) is 29.4 Å². The molecule has 0 radical (unpaired) electrons. The van der Waals surface area contributed by atoms with Crippen molar-refractivity contribution in [3.63, 3.8) is 0 Å². The highest BCUT2D eigenvalue weighted by Crippen LogP contribution is 2.30. The van der Waals surface area contributed by atoms with Crippen LogP contribution >= 0.6 is 0 Å². The van der Waals surface area contributed by atoms with Gasteiger partial charge in [-0.1, -0.05) is 0 Å². The van der Waals surface area contributed by atoms with Gasteiger partial charge in [0.05, 0.1) is 24.4 Å². The number of piperidine rings is 1. The van der Waals surface area contributed by atoms with E-state index in [0.717, 1.165) is 44.2 Å². The molecule has 6 nitrogen and oxygen atoms in total. The van der Waals surface area contributed by atoms with E-state index < -0.39 is 0 Å². The third-order valence-electron chi connectivity index (χ3n) is 4.69. The van der Waals surface area contributed by atoms with E-state index in [4.69, 9.17) is 4.74 Å². The topological polar surface area (TPSA) is 70.2 Å². The number of carbonyl (C=O) groups excluding carboxylic acids is 1. The number of ether oxygens (including phenoxy) is 1. The van der Waals surface area contributed by atoms with Crippen molar-refractivity contribution < 1.29 is 9.53 Å². The van der Waals surface area contributed by atoms with Crippen LogP contribution in [0.15, 0.2) is 12.4 Å². The van der Waals surface area contributed by atoms with E-state index in [1.54, 1.807) is 0 Å². The van der Waals surface area contributed by atoms with Crippen LogP contribution < -0.4 is 5.32 Å². The minimum Gasteiger partial charge on any atom is -0.375 e. The molecule has 1 unspecified atom stereocenters. The Labute approximate surface area is 131 Å².